The Morgan fingerprint density at radius 3 is 2.62 bits per heavy atom. The lowest BCUT2D eigenvalue weighted by atomic mass is 9.93. The zero-order valence-electron chi connectivity index (χ0n) is 8.60. The van der Waals surface area contributed by atoms with Crippen LogP contribution in [0.4, 0.5) is 0 Å². The van der Waals surface area contributed by atoms with Crippen molar-refractivity contribution in [3.63, 3.8) is 0 Å². The molecule has 1 atom stereocenters. The monoisotopic (exact) mass is 196 g/mol. The minimum atomic E-state index is 0.581. The van der Waals surface area contributed by atoms with E-state index in [0.29, 0.717) is 5.92 Å². The maximum atomic E-state index is 5.74. The topological polar surface area (TPSA) is 0 Å². The van der Waals surface area contributed by atoms with Gasteiger partial charge in [-0.1, -0.05) is 30.7 Å². The summed E-state index contributed by atoms with van der Waals surface area (Å²) in [5.41, 5.74) is 4.16. The van der Waals surface area contributed by atoms with E-state index in [4.69, 9.17) is 11.6 Å². The summed E-state index contributed by atoms with van der Waals surface area (Å²) in [5.74, 6) is 1.33. The van der Waals surface area contributed by atoms with Crippen molar-refractivity contribution in [1.82, 2.24) is 0 Å². The Morgan fingerprint density at radius 1 is 1.31 bits per heavy atom. The molecule has 0 saturated carbocycles. The van der Waals surface area contributed by atoms with E-state index in [2.05, 4.69) is 39.0 Å². The fraction of sp³-hybridized carbons (Fsp3) is 0.500. The maximum absolute atomic E-state index is 5.74. The van der Waals surface area contributed by atoms with Gasteiger partial charge in [-0.15, -0.1) is 11.6 Å². The number of hydrogen-bond acceptors (Lipinski definition) is 0. The van der Waals surface area contributed by atoms with Crippen LogP contribution in [0.15, 0.2) is 18.2 Å². The summed E-state index contributed by atoms with van der Waals surface area (Å²) in [7, 11) is 0. The number of hydrogen-bond donors (Lipinski definition) is 0. The Labute approximate surface area is 85.9 Å². The molecular weight excluding hydrogens is 180 g/mol. The molecule has 0 radical (unpaired) electrons. The van der Waals surface area contributed by atoms with Crippen LogP contribution in [0.3, 0.4) is 0 Å². The molecule has 0 aliphatic heterocycles. The van der Waals surface area contributed by atoms with Crippen LogP contribution in [0, 0.1) is 13.8 Å². The van der Waals surface area contributed by atoms with Gasteiger partial charge in [0, 0.05) is 5.88 Å². The molecule has 0 saturated heterocycles. The number of alkyl halides is 1. The minimum Gasteiger partial charge on any atom is -0.127 e. The first-order valence-electron chi connectivity index (χ1n) is 4.78. The molecular formula is C12H17Cl. The Kier molecular flexibility index (Phi) is 3.80. The molecule has 0 fully saturated rings. The van der Waals surface area contributed by atoms with Crippen LogP contribution in [0.5, 0.6) is 0 Å². The van der Waals surface area contributed by atoms with Gasteiger partial charge in [0.1, 0.15) is 0 Å². The summed E-state index contributed by atoms with van der Waals surface area (Å²) in [5, 5.41) is 0. The molecule has 0 N–H and O–H groups in total. The minimum absolute atomic E-state index is 0.581. The van der Waals surface area contributed by atoms with Gasteiger partial charge < -0.3 is 0 Å². The van der Waals surface area contributed by atoms with Crippen molar-refractivity contribution in [2.75, 3.05) is 5.88 Å². The van der Waals surface area contributed by atoms with Crippen molar-refractivity contribution in [3.8, 4) is 0 Å². The van der Waals surface area contributed by atoms with Crippen molar-refractivity contribution in [2.45, 2.75) is 33.1 Å². The lowest BCUT2D eigenvalue weighted by molar-refractivity contribution is 0.732. The second kappa shape index (κ2) is 4.66. The average Bonchev–Trinajstić information content (AvgIpc) is 2.09. The zero-order valence-corrected chi connectivity index (χ0v) is 9.36. The van der Waals surface area contributed by atoms with E-state index in [0.717, 1.165) is 12.3 Å². The SMILES string of the molecule is Cc1ccc(C)c(C(C)CCCl)c1. The summed E-state index contributed by atoms with van der Waals surface area (Å²) < 4.78 is 0. The van der Waals surface area contributed by atoms with Gasteiger partial charge in [-0.2, -0.15) is 0 Å². The van der Waals surface area contributed by atoms with Gasteiger partial charge in [0.25, 0.3) is 0 Å². The van der Waals surface area contributed by atoms with Crippen molar-refractivity contribution in [1.29, 1.82) is 0 Å². The predicted molar refractivity (Wildman–Crippen MR) is 59.7 cm³/mol. The first kappa shape index (κ1) is 10.6. The third kappa shape index (κ3) is 2.73. The molecule has 0 aromatic heterocycles. The molecule has 0 spiro atoms. The van der Waals surface area contributed by atoms with Crippen molar-refractivity contribution in [2.24, 2.45) is 0 Å². The Balaban J connectivity index is 2.91. The van der Waals surface area contributed by atoms with Crippen LogP contribution >= 0.6 is 11.6 Å². The van der Waals surface area contributed by atoms with Crippen molar-refractivity contribution < 1.29 is 0 Å². The molecule has 0 aliphatic rings. The predicted octanol–water partition coefficient (Wildman–Crippen LogP) is 4.04. The highest BCUT2D eigenvalue weighted by Crippen LogP contribution is 2.23. The van der Waals surface area contributed by atoms with E-state index >= 15 is 0 Å². The van der Waals surface area contributed by atoms with Crippen molar-refractivity contribution in [3.05, 3.63) is 34.9 Å². The van der Waals surface area contributed by atoms with E-state index in [1.807, 2.05) is 0 Å². The van der Waals surface area contributed by atoms with Gasteiger partial charge in [-0.3, -0.25) is 0 Å². The second-order valence-corrected chi connectivity index (χ2v) is 4.12. The van der Waals surface area contributed by atoms with Gasteiger partial charge >= 0.3 is 0 Å². The summed E-state index contributed by atoms with van der Waals surface area (Å²) in [6.45, 7) is 6.54. The second-order valence-electron chi connectivity index (χ2n) is 3.74. The smallest absolute Gasteiger partial charge is 0.0229 e. The molecule has 1 aromatic rings. The maximum Gasteiger partial charge on any atom is 0.0229 e. The van der Waals surface area contributed by atoms with Gasteiger partial charge in [-0.25, -0.2) is 0 Å². The molecule has 0 bridgehead atoms. The van der Waals surface area contributed by atoms with Crippen LogP contribution in [0.2, 0.25) is 0 Å². The zero-order chi connectivity index (χ0) is 9.84. The van der Waals surface area contributed by atoms with Crippen LogP contribution in [-0.4, -0.2) is 5.88 Å². The highest BCUT2D eigenvalue weighted by molar-refractivity contribution is 6.17. The quantitative estimate of drug-likeness (QED) is 0.641. The summed E-state index contributed by atoms with van der Waals surface area (Å²) in [6.07, 6.45) is 1.06. The Hall–Kier alpha value is -0.490. The van der Waals surface area contributed by atoms with Crippen LogP contribution in [-0.2, 0) is 0 Å². The Morgan fingerprint density at radius 2 is 2.00 bits per heavy atom. The molecule has 1 aromatic carbocycles. The molecule has 1 rings (SSSR count). The highest BCUT2D eigenvalue weighted by Gasteiger charge is 2.07. The summed E-state index contributed by atoms with van der Waals surface area (Å²) in [6, 6.07) is 6.62. The number of benzene rings is 1. The van der Waals surface area contributed by atoms with Gasteiger partial charge in [-0.05, 0) is 37.3 Å². The highest BCUT2D eigenvalue weighted by atomic mass is 35.5. The lowest BCUT2D eigenvalue weighted by Crippen LogP contribution is -1.97. The molecule has 0 nitrogen and oxygen atoms in total. The molecule has 72 valence electrons. The van der Waals surface area contributed by atoms with E-state index < -0.39 is 0 Å². The summed E-state index contributed by atoms with van der Waals surface area (Å²) >= 11 is 5.74. The Bertz CT molecular complexity index is 278. The van der Waals surface area contributed by atoms with E-state index in [1.165, 1.54) is 16.7 Å². The van der Waals surface area contributed by atoms with Crippen LogP contribution < -0.4 is 0 Å². The third-order valence-corrected chi connectivity index (χ3v) is 2.73. The van der Waals surface area contributed by atoms with Gasteiger partial charge in [0.05, 0.1) is 0 Å². The van der Waals surface area contributed by atoms with Crippen molar-refractivity contribution >= 4 is 11.6 Å². The number of halogens is 1. The van der Waals surface area contributed by atoms with Crippen LogP contribution in [0.1, 0.15) is 36.0 Å². The molecule has 13 heavy (non-hydrogen) atoms. The third-order valence-electron chi connectivity index (χ3n) is 2.51. The van der Waals surface area contributed by atoms with Gasteiger partial charge in [0.15, 0.2) is 0 Å². The lowest BCUT2D eigenvalue weighted by Gasteiger charge is -2.13. The first-order valence-corrected chi connectivity index (χ1v) is 5.31. The van der Waals surface area contributed by atoms with E-state index in [-0.39, 0.29) is 0 Å². The standard InChI is InChI=1S/C12H17Cl/c1-9-4-5-10(2)12(8-9)11(3)6-7-13/h4-5,8,11H,6-7H2,1-3H3. The number of aryl methyl sites for hydroxylation is 2. The molecule has 1 unspecified atom stereocenters. The molecule has 0 amide bonds. The molecule has 1 heteroatoms. The molecule has 0 aliphatic carbocycles. The molecule has 0 heterocycles. The first-order chi connectivity index (χ1) is 6.15. The largest absolute Gasteiger partial charge is 0.127 e. The fourth-order valence-corrected chi connectivity index (χ4v) is 1.94. The average molecular weight is 197 g/mol. The van der Waals surface area contributed by atoms with Crippen LogP contribution in [0.25, 0.3) is 0 Å². The van der Waals surface area contributed by atoms with Gasteiger partial charge in [0.2, 0.25) is 0 Å². The van der Waals surface area contributed by atoms with E-state index in [1.54, 1.807) is 0 Å². The normalized spacial score (nSPS) is 12.9. The summed E-state index contributed by atoms with van der Waals surface area (Å²) in [4.78, 5) is 0. The number of rotatable bonds is 3. The fourth-order valence-electron chi connectivity index (χ4n) is 1.61. The van der Waals surface area contributed by atoms with E-state index in [9.17, 15) is 0 Å².